The standard InChI is InChI=1S/C17H19NO4/c1-11-8-15(21-3)16(22-4)10-14(11)17(19)18-12-6-5-7-13(9-12)20-2/h5-10H,1-4H3,(H,18,19). The fourth-order valence-corrected chi connectivity index (χ4v) is 2.12. The number of nitrogens with one attached hydrogen (secondary N) is 1. The Bertz CT molecular complexity index is 682. The van der Waals surface area contributed by atoms with E-state index < -0.39 is 0 Å². The molecule has 0 saturated carbocycles. The number of carbonyl (C=O) groups excluding carboxylic acids is 1. The lowest BCUT2D eigenvalue weighted by molar-refractivity contribution is 0.102. The molecule has 0 heterocycles. The van der Waals surface area contributed by atoms with Gasteiger partial charge < -0.3 is 19.5 Å². The van der Waals surface area contributed by atoms with Gasteiger partial charge in [0.1, 0.15) is 5.75 Å². The molecule has 2 aromatic rings. The summed E-state index contributed by atoms with van der Waals surface area (Å²) in [7, 11) is 4.68. The van der Waals surface area contributed by atoms with E-state index in [0.717, 1.165) is 5.56 Å². The Morgan fingerprint density at radius 3 is 2.27 bits per heavy atom. The van der Waals surface area contributed by atoms with Gasteiger partial charge in [-0.1, -0.05) is 6.07 Å². The fourth-order valence-electron chi connectivity index (χ4n) is 2.12. The van der Waals surface area contributed by atoms with Gasteiger partial charge in [-0.3, -0.25) is 4.79 Å². The lowest BCUT2D eigenvalue weighted by atomic mass is 10.1. The van der Waals surface area contributed by atoms with Crippen molar-refractivity contribution in [1.82, 2.24) is 0 Å². The minimum atomic E-state index is -0.216. The largest absolute Gasteiger partial charge is 0.497 e. The quantitative estimate of drug-likeness (QED) is 0.921. The molecule has 0 bridgehead atoms. The van der Waals surface area contributed by atoms with Crippen molar-refractivity contribution in [2.45, 2.75) is 6.92 Å². The molecule has 22 heavy (non-hydrogen) atoms. The topological polar surface area (TPSA) is 56.8 Å². The smallest absolute Gasteiger partial charge is 0.256 e. The zero-order valence-corrected chi connectivity index (χ0v) is 13.1. The predicted molar refractivity (Wildman–Crippen MR) is 85.2 cm³/mol. The molecule has 2 rings (SSSR count). The van der Waals surface area contributed by atoms with Gasteiger partial charge in [-0.25, -0.2) is 0 Å². The number of hydrogen-bond donors (Lipinski definition) is 1. The highest BCUT2D eigenvalue weighted by Gasteiger charge is 2.15. The summed E-state index contributed by atoms with van der Waals surface area (Å²) in [6.45, 7) is 1.85. The van der Waals surface area contributed by atoms with E-state index >= 15 is 0 Å². The summed E-state index contributed by atoms with van der Waals surface area (Å²) in [5.41, 5.74) is 2.00. The zero-order valence-electron chi connectivity index (χ0n) is 13.1. The highest BCUT2D eigenvalue weighted by atomic mass is 16.5. The molecule has 1 N–H and O–H groups in total. The van der Waals surface area contributed by atoms with Crippen molar-refractivity contribution in [3.8, 4) is 17.2 Å². The number of hydrogen-bond acceptors (Lipinski definition) is 4. The van der Waals surface area contributed by atoms with Crippen LogP contribution in [0.5, 0.6) is 17.2 Å². The van der Waals surface area contributed by atoms with E-state index in [-0.39, 0.29) is 5.91 Å². The van der Waals surface area contributed by atoms with Crippen LogP contribution in [0.1, 0.15) is 15.9 Å². The monoisotopic (exact) mass is 301 g/mol. The van der Waals surface area contributed by atoms with Gasteiger partial charge in [0.15, 0.2) is 11.5 Å². The summed E-state index contributed by atoms with van der Waals surface area (Å²) in [4.78, 5) is 12.5. The molecule has 2 aromatic carbocycles. The molecule has 0 aliphatic carbocycles. The first-order valence-corrected chi connectivity index (χ1v) is 6.77. The van der Waals surface area contributed by atoms with Gasteiger partial charge in [-0.2, -0.15) is 0 Å². The number of rotatable bonds is 5. The summed E-state index contributed by atoms with van der Waals surface area (Å²) in [5, 5.41) is 2.85. The number of carbonyl (C=O) groups is 1. The van der Waals surface area contributed by atoms with Crippen LogP contribution >= 0.6 is 0 Å². The van der Waals surface area contributed by atoms with Crippen LogP contribution in [0.3, 0.4) is 0 Å². The Morgan fingerprint density at radius 2 is 1.64 bits per heavy atom. The molecule has 0 aromatic heterocycles. The van der Waals surface area contributed by atoms with Crippen molar-refractivity contribution < 1.29 is 19.0 Å². The molecule has 116 valence electrons. The molecule has 0 unspecified atom stereocenters. The second-order valence-electron chi connectivity index (χ2n) is 4.71. The van der Waals surface area contributed by atoms with E-state index in [0.29, 0.717) is 28.5 Å². The average Bonchev–Trinajstić information content (AvgIpc) is 2.54. The minimum absolute atomic E-state index is 0.216. The van der Waals surface area contributed by atoms with Crippen LogP contribution in [-0.2, 0) is 0 Å². The molecule has 0 aliphatic heterocycles. The molecule has 5 nitrogen and oxygen atoms in total. The van der Waals surface area contributed by atoms with Crippen molar-refractivity contribution >= 4 is 11.6 Å². The van der Waals surface area contributed by atoms with Gasteiger partial charge in [0.25, 0.3) is 5.91 Å². The van der Waals surface area contributed by atoms with Crippen molar-refractivity contribution in [1.29, 1.82) is 0 Å². The van der Waals surface area contributed by atoms with E-state index in [2.05, 4.69) is 5.32 Å². The number of anilines is 1. The van der Waals surface area contributed by atoms with Gasteiger partial charge in [-0.15, -0.1) is 0 Å². The zero-order chi connectivity index (χ0) is 16.1. The van der Waals surface area contributed by atoms with E-state index in [1.54, 1.807) is 38.5 Å². The third kappa shape index (κ3) is 3.31. The highest BCUT2D eigenvalue weighted by Crippen LogP contribution is 2.30. The van der Waals surface area contributed by atoms with Crippen molar-refractivity contribution in [2.75, 3.05) is 26.6 Å². The minimum Gasteiger partial charge on any atom is -0.497 e. The first-order valence-electron chi connectivity index (χ1n) is 6.77. The first kappa shape index (κ1) is 15.7. The molecule has 0 atom stereocenters. The van der Waals surface area contributed by atoms with E-state index in [1.165, 1.54) is 7.11 Å². The second kappa shape index (κ2) is 6.85. The fraction of sp³-hybridized carbons (Fsp3) is 0.235. The lowest BCUT2D eigenvalue weighted by Crippen LogP contribution is -2.13. The molecule has 0 radical (unpaired) electrons. The third-order valence-electron chi connectivity index (χ3n) is 3.30. The molecule has 0 saturated heterocycles. The van der Waals surface area contributed by atoms with E-state index in [4.69, 9.17) is 14.2 Å². The molecule has 5 heteroatoms. The number of methoxy groups -OCH3 is 3. The van der Waals surface area contributed by atoms with Crippen LogP contribution in [0.2, 0.25) is 0 Å². The Hall–Kier alpha value is -2.69. The number of aryl methyl sites for hydroxylation is 1. The molecular formula is C17H19NO4. The molecule has 0 fully saturated rings. The Balaban J connectivity index is 2.29. The summed E-state index contributed by atoms with van der Waals surface area (Å²) < 4.78 is 15.6. The maximum atomic E-state index is 12.5. The number of benzene rings is 2. The lowest BCUT2D eigenvalue weighted by Gasteiger charge is -2.13. The normalized spacial score (nSPS) is 10.0. The number of amides is 1. The summed E-state index contributed by atoms with van der Waals surface area (Å²) >= 11 is 0. The van der Waals surface area contributed by atoms with Crippen LogP contribution in [0.25, 0.3) is 0 Å². The van der Waals surface area contributed by atoms with Crippen LogP contribution in [0.15, 0.2) is 36.4 Å². The third-order valence-corrected chi connectivity index (χ3v) is 3.30. The Labute approximate surface area is 129 Å². The molecule has 0 aliphatic rings. The maximum Gasteiger partial charge on any atom is 0.256 e. The second-order valence-corrected chi connectivity index (χ2v) is 4.71. The van der Waals surface area contributed by atoms with E-state index in [9.17, 15) is 4.79 Å². The van der Waals surface area contributed by atoms with Gasteiger partial charge in [0.2, 0.25) is 0 Å². The summed E-state index contributed by atoms with van der Waals surface area (Å²) in [6, 6.07) is 10.6. The van der Waals surface area contributed by atoms with Crippen molar-refractivity contribution in [3.05, 3.63) is 47.5 Å². The number of ether oxygens (including phenoxy) is 3. The SMILES string of the molecule is COc1cccc(NC(=O)c2cc(OC)c(OC)cc2C)c1. The van der Waals surface area contributed by atoms with Gasteiger partial charge >= 0.3 is 0 Å². The molecule has 1 amide bonds. The average molecular weight is 301 g/mol. The summed E-state index contributed by atoms with van der Waals surface area (Å²) in [5.74, 6) is 1.58. The first-order chi connectivity index (χ1) is 10.6. The van der Waals surface area contributed by atoms with Crippen molar-refractivity contribution in [3.63, 3.8) is 0 Å². The molecule has 0 spiro atoms. The maximum absolute atomic E-state index is 12.5. The van der Waals surface area contributed by atoms with Crippen LogP contribution in [0.4, 0.5) is 5.69 Å². The predicted octanol–water partition coefficient (Wildman–Crippen LogP) is 3.27. The Kier molecular flexibility index (Phi) is 4.88. The van der Waals surface area contributed by atoms with Gasteiger partial charge in [0.05, 0.1) is 21.3 Å². The Morgan fingerprint density at radius 1 is 0.955 bits per heavy atom. The van der Waals surface area contributed by atoms with E-state index in [1.807, 2.05) is 19.1 Å². The van der Waals surface area contributed by atoms with Crippen LogP contribution in [-0.4, -0.2) is 27.2 Å². The van der Waals surface area contributed by atoms with Crippen molar-refractivity contribution in [2.24, 2.45) is 0 Å². The van der Waals surface area contributed by atoms with Gasteiger partial charge in [-0.05, 0) is 36.8 Å². The van der Waals surface area contributed by atoms with Gasteiger partial charge in [0, 0.05) is 17.3 Å². The van der Waals surface area contributed by atoms with Crippen LogP contribution < -0.4 is 19.5 Å². The summed E-state index contributed by atoms with van der Waals surface area (Å²) in [6.07, 6.45) is 0. The van der Waals surface area contributed by atoms with Crippen LogP contribution in [0, 0.1) is 6.92 Å². The molecular weight excluding hydrogens is 282 g/mol. The highest BCUT2D eigenvalue weighted by molar-refractivity contribution is 6.05.